The van der Waals surface area contributed by atoms with Gasteiger partial charge in [0.15, 0.2) is 5.96 Å². The Kier molecular flexibility index (Phi) is 8.94. The van der Waals surface area contributed by atoms with Crippen molar-refractivity contribution in [2.24, 2.45) is 4.99 Å². The summed E-state index contributed by atoms with van der Waals surface area (Å²) in [5.74, 6) is 0.522. The lowest BCUT2D eigenvalue weighted by Gasteiger charge is -2.12. The molecular weight excluding hydrogens is 428 g/mol. The zero-order valence-electron chi connectivity index (χ0n) is 12.9. The Morgan fingerprint density at radius 1 is 1.00 bits per heavy atom. The maximum atomic E-state index is 12.8. The molecule has 0 aliphatic rings. The van der Waals surface area contributed by atoms with Crippen LogP contribution in [0.15, 0.2) is 53.5 Å². The van der Waals surface area contributed by atoms with Gasteiger partial charge >= 0.3 is 0 Å². The summed E-state index contributed by atoms with van der Waals surface area (Å²) in [5, 5.41) is 7.20. The van der Waals surface area contributed by atoms with Crippen LogP contribution in [-0.2, 0) is 13.0 Å². The molecule has 2 N–H and O–H groups in total. The van der Waals surface area contributed by atoms with E-state index in [-0.39, 0.29) is 29.8 Å². The van der Waals surface area contributed by atoms with Crippen LogP contribution < -0.4 is 10.6 Å². The van der Waals surface area contributed by atoms with Gasteiger partial charge in [0.1, 0.15) is 5.82 Å². The Morgan fingerprint density at radius 2 is 1.61 bits per heavy atom. The predicted octanol–water partition coefficient (Wildman–Crippen LogP) is 4.00. The second-order valence-electron chi connectivity index (χ2n) is 4.86. The van der Waals surface area contributed by atoms with Crippen LogP contribution in [0.5, 0.6) is 0 Å². The maximum Gasteiger partial charge on any atom is 0.191 e. The molecule has 0 spiro atoms. The van der Waals surface area contributed by atoms with E-state index >= 15 is 0 Å². The molecule has 2 rings (SSSR count). The minimum Gasteiger partial charge on any atom is -0.356 e. The van der Waals surface area contributed by atoms with E-state index in [0.717, 1.165) is 35.1 Å². The van der Waals surface area contributed by atoms with E-state index in [2.05, 4.69) is 15.6 Å². The summed E-state index contributed by atoms with van der Waals surface area (Å²) in [4.78, 5) is 4.17. The molecule has 2 aromatic carbocycles. The van der Waals surface area contributed by atoms with Gasteiger partial charge in [-0.15, -0.1) is 24.0 Å². The molecule has 0 saturated carbocycles. The lowest BCUT2D eigenvalue weighted by Crippen LogP contribution is -2.37. The second kappa shape index (κ2) is 10.4. The SMILES string of the molecule is CN=C(NCCc1ccc(F)cc1)NCc1ccc(Cl)cc1.I. The fourth-order valence-corrected chi connectivity index (χ4v) is 2.11. The van der Waals surface area contributed by atoms with Gasteiger partial charge in [0, 0.05) is 25.2 Å². The van der Waals surface area contributed by atoms with Gasteiger partial charge in [0.05, 0.1) is 0 Å². The first-order chi connectivity index (χ1) is 10.7. The molecule has 0 radical (unpaired) electrons. The highest BCUT2D eigenvalue weighted by atomic mass is 127. The summed E-state index contributed by atoms with van der Waals surface area (Å²) in [6.45, 7) is 1.40. The van der Waals surface area contributed by atoms with Crippen molar-refractivity contribution in [3.8, 4) is 0 Å². The number of hydrogen-bond donors (Lipinski definition) is 2. The zero-order valence-corrected chi connectivity index (χ0v) is 15.9. The lowest BCUT2D eigenvalue weighted by molar-refractivity contribution is 0.626. The molecule has 0 aliphatic carbocycles. The first-order valence-electron chi connectivity index (χ1n) is 7.11. The molecule has 0 bridgehead atoms. The first-order valence-corrected chi connectivity index (χ1v) is 7.48. The molecule has 0 fully saturated rings. The largest absolute Gasteiger partial charge is 0.356 e. The van der Waals surface area contributed by atoms with E-state index in [1.807, 2.05) is 24.3 Å². The van der Waals surface area contributed by atoms with Crippen LogP contribution >= 0.6 is 35.6 Å². The molecule has 0 aromatic heterocycles. The number of nitrogens with one attached hydrogen (secondary N) is 2. The summed E-state index contributed by atoms with van der Waals surface area (Å²) < 4.78 is 12.8. The molecule has 23 heavy (non-hydrogen) atoms. The molecule has 0 amide bonds. The lowest BCUT2D eigenvalue weighted by atomic mass is 10.1. The van der Waals surface area contributed by atoms with Gasteiger partial charge in [-0.2, -0.15) is 0 Å². The number of aliphatic imine (C=N–C) groups is 1. The normalized spacial score (nSPS) is 10.8. The van der Waals surface area contributed by atoms with Crippen molar-refractivity contribution < 1.29 is 4.39 Å². The first kappa shape index (κ1) is 19.7. The van der Waals surface area contributed by atoms with Gasteiger partial charge in [-0.05, 0) is 41.8 Å². The molecule has 0 atom stereocenters. The van der Waals surface area contributed by atoms with Crippen molar-refractivity contribution in [3.05, 3.63) is 70.5 Å². The second-order valence-corrected chi connectivity index (χ2v) is 5.29. The molecule has 0 unspecified atom stereocenters. The van der Waals surface area contributed by atoms with Crippen molar-refractivity contribution in [2.45, 2.75) is 13.0 Å². The quantitative estimate of drug-likeness (QED) is 0.413. The number of rotatable bonds is 5. The van der Waals surface area contributed by atoms with Crippen LogP contribution in [0.1, 0.15) is 11.1 Å². The van der Waals surface area contributed by atoms with Crippen molar-refractivity contribution in [3.63, 3.8) is 0 Å². The molecule has 0 heterocycles. The third kappa shape index (κ3) is 7.18. The Balaban J connectivity index is 0.00000264. The van der Waals surface area contributed by atoms with Crippen LogP contribution in [0, 0.1) is 5.82 Å². The monoisotopic (exact) mass is 447 g/mol. The van der Waals surface area contributed by atoms with Crippen molar-refractivity contribution in [2.75, 3.05) is 13.6 Å². The molecule has 3 nitrogen and oxygen atoms in total. The highest BCUT2D eigenvalue weighted by Gasteiger charge is 1.99. The van der Waals surface area contributed by atoms with E-state index in [0.29, 0.717) is 6.54 Å². The molecule has 2 aromatic rings. The Labute approximate surface area is 158 Å². The van der Waals surface area contributed by atoms with E-state index in [9.17, 15) is 4.39 Å². The predicted molar refractivity (Wildman–Crippen MR) is 105 cm³/mol. The van der Waals surface area contributed by atoms with Crippen LogP contribution in [-0.4, -0.2) is 19.6 Å². The third-order valence-corrected chi connectivity index (χ3v) is 3.47. The molecule has 0 aliphatic heterocycles. The Hall–Kier alpha value is -1.34. The minimum atomic E-state index is -0.211. The fraction of sp³-hybridized carbons (Fsp3) is 0.235. The number of guanidine groups is 1. The van der Waals surface area contributed by atoms with Crippen LogP contribution in [0.3, 0.4) is 0 Å². The molecule has 124 valence electrons. The average molecular weight is 448 g/mol. The van der Waals surface area contributed by atoms with E-state index in [4.69, 9.17) is 11.6 Å². The number of hydrogen-bond acceptors (Lipinski definition) is 1. The van der Waals surface area contributed by atoms with Gasteiger partial charge in [-0.1, -0.05) is 35.9 Å². The van der Waals surface area contributed by atoms with E-state index < -0.39 is 0 Å². The molecule has 0 saturated heterocycles. The third-order valence-electron chi connectivity index (χ3n) is 3.22. The van der Waals surface area contributed by atoms with E-state index in [1.54, 1.807) is 19.2 Å². The van der Waals surface area contributed by atoms with Gasteiger partial charge in [0.25, 0.3) is 0 Å². The van der Waals surface area contributed by atoms with Gasteiger partial charge in [0.2, 0.25) is 0 Å². The summed E-state index contributed by atoms with van der Waals surface area (Å²) in [7, 11) is 1.73. The van der Waals surface area contributed by atoms with Crippen LogP contribution in [0.4, 0.5) is 4.39 Å². The summed E-state index contributed by atoms with van der Waals surface area (Å²) in [5.41, 5.74) is 2.22. The molecular formula is C17H20ClFIN3. The van der Waals surface area contributed by atoms with Crippen molar-refractivity contribution in [1.82, 2.24) is 10.6 Å². The summed E-state index contributed by atoms with van der Waals surface area (Å²) in [6, 6.07) is 14.2. The highest BCUT2D eigenvalue weighted by Crippen LogP contribution is 2.09. The summed E-state index contributed by atoms with van der Waals surface area (Å²) in [6.07, 6.45) is 0.807. The van der Waals surface area contributed by atoms with Gasteiger partial charge in [-0.3, -0.25) is 4.99 Å². The van der Waals surface area contributed by atoms with Crippen LogP contribution in [0.25, 0.3) is 0 Å². The number of benzene rings is 2. The standard InChI is InChI=1S/C17H19ClFN3.HI/c1-20-17(22-12-14-2-6-15(18)7-3-14)21-11-10-13-4-8-16(19)9-5-13;/h2-9H,10-12H2,1H3,(H2,20,21,22);1H. The topological polar surface area (TPSA) is 36.4 Å². The smallest absolute Gasteiger partial charge is 0.191 e. The van der Waals surface area contributed by atoms with Crippen LogP contribution in [0.2, 0.25) is 5.02 Å². The highest BCUT2D eigenvalue weighted by molar-refractivity contribution is 14.0. The van der Waals surface area contributed by atoms with E-state index in [1.165, 1.54) is 12.1 Å². The Bertz CT molecular complexity index is 615. The average Bonchev–Trinajstić information content (AvgIpc) is 2.54. The zero-order chi connectivity index (χ0) is 15.8. The summed E-state index contributed by atoms with van der Waals surface area (Å²) >= 11 is 5.86. The van der Waals surface area contributed by atoms with Crippen molar-refractivity contribution in [1.29, 1.82) is 0 Å². The van der Waals surface area contributed by atoms with Gasteiger partial charge in [-0.25, -0.2) is 4.39 Å². The minimum absolute atomic E-state index is 0. The van der Waals surface area contributed by atoms with Gasteiger partial charge < -0.3 is 10.6 Å². The Morgan fingerprint density at radius 3 is 2.22 bits per heavy atom. The molecule has 6 heteroatoms. The maximum absolute atomic E-state index is 12.8. The fourth-order valence-electron chi connectivity index (χ4n) is 1.98. The number of nitrogens with zero attached hydrogens (tertiary/aromatic N) is 1. The van der Waals surface area contributed by atoms with Crippen molar-refractivity contribution >= 4 is 41.5 Å². The number of halogens is 3.